The van der Waals surface area contributed by atoms with Crippen molar-refractivity contribution in [1.29, 1.82) is 0 Å². The van der Waals surface area contributed by atoms with Gasteiger partial charge in [0, 0.05) is 55.9 Å². The van der Waals surface area contributed by atoms with Gasteiger partial charge in [0.25, 0.3) is 0 Å². The molecular formula is C28H30N6O4. The minimum absolute atomic E-state index is 0.0669. The average Bonchev–Trinajstić information content (AvgIpc) is 3.64. The molecule has 2 atom stereocenters. The second kappa shape index (κ2) is 10.7. The molecule has 4 aromatic rings. The van der Waals surface area contributed by atoms with E-state index in [2.05, 4.69) is 36.9 Å². The summed E-state index contributed by atoms with van der Waals surface area (Å²) in [4.78, 5) is 16.9. The molecule has 2 fully saturated rings. The van der Waals surface area contributed by atoms with Crippen molar-refractivity contribution in [3.8, 4) is 11.6 Å². The summed E-state index contributed by atoms with van der Waals surface area (Å²) in [5.74, 6) is 0.616. The highest BCUT2D eigenvalue weighted by molar-refractivity contribution is 5.52. The highest BCUT2D eigenvalue weighted by Crippen LogP contribution is 2.36. The van der Waals surface area contributed by atoms with Crippen LogP contribution in [0.5, 0.6) is 11.6 Å². The van der Waals surface area contributed by atoms with E-state index in [0.29, 0.717) is 19.8 Å². The first-order valence-electron chi connectivity index (χ1n) is 12.7. The largest absolute Gasteiger partial charge is 0.492 e. The van der Waals surface area contributed by atoms with Crippen molar-refractivity contribution in [3.63, 3.8) is 0 Å². The number of aromatic nitrogens is 4. The van der Waals surface area contributed by atoms with Gasteiger partial charge in [0.05, 0.1) is 31.9 Å². The minimum Gasteiger partial charge on any atom is -0.492 e. The molecule has 6 rings (SSSR count). The Morgan fingerprint density at radius 3 is 2.58 bits per heavy atom. The van der Waals surface area contributed by atoms with Gasteiger partial charge >= 0.3 is 0 Å². The van der Waals surface area contributed by atoms with Gasteiger partial charge in [-0.1, -0.05) is 36.4 Å². The lowest BCUT2D eigenvalue weighted by molar-refractivity contribution is -0.189. The van der Waals surface area contributed by atoms with Crippen LogP contribution in [0.1, 0.15) is 5.56 Å². The molecule has 0 bridgehead atoms. The first-order valence-corrected chi connectivity index (χ1v) is 12.7. The minimum atomic E-state index is -0.889. The number of piperazine rings is 1. The molecule has 0 saturated carbocycles. The van der Waals surface area contributed by atoms with Gasteiger partial charge in [-0.3, -0.25) is 0 Å². The summed E-state index contributed by atoms with van der Waals surface area (Å²) >= 11 is 0. The number of imidazole rings is 1. The zero-order valence-corrected chi connectivity index (χ0v) is 21.0. The van der Waals surface area contributed by atoms with Crippen molar-refractivity contribution in [2.75, 3.05) is 49.2 Å². The van der Waals surface area contributed by atoms with Crippen LogP contribution >= 0.6 is 0 Å². The molecule has 1 N–H and O–H groups in total. The normalized spacial score (nSPS) is 21.5. The van der Waals surface area contributed by atoms with E-state index in [4.69, 9.17) is 14.2 Å². The maximum absolute atomic E-state index is 9.38. The molecular weight excluding hydrogens is 484 g/mol. The quantitative estimate of drug-likeness (QED) is 0.380. The summed E-state index contributed by atoms with van der Waals surface area (Å²) in [5, 5.41) is 9.38. The second-order valence-electron chi connectivity index (χ2n) is 9.42. The fourth-order valence-electron chi connectivity index (χ4n) is 4.92. The van der Waals surface area contributed by atoms with E-state index in [1.165, 1.54) is 6.20 Å². The molecule has 196 valence electrons. The monoisotopic (exact) mass is 514 g/mol. The zero-order valence-electron chi connectivity index (χ0n) is 21.0. The average molecular weight is 515 g/mol. The molecule has 2 aliphatic heterocycles. The Kier molecular flexibility index (Phi) is 6.80. The highest BCUT2D eigenvalue weighted by atomic mass is 16.8. The lowest BCUT2D eigenvalue weighted by atomic mass is 10.1. The molecule has 2 aromatic carbocycles. The van der Waals surface area contributed by atoms with Crippen LogP contribution in [0.3, 0.4) is 0 Å². The van der Waals surface area contributed by atoms with E-state index in [-0.39, 0.29) is 12.0 Å². The van der Waals surface area contributed by atoms with Crippen LogP contribution in [0, 0.1) is 0 Å². The number of nitrogens with zero attached hydrogens (tertiary/aromatic N) is 6. The molecule has 0 amide bonds. The van der Waals surface area contributed by atoms with Crippen molar-refractivity contribution < 1.29 is 19.3 Å². The van der Waals surface area contributed by atoms with E-state index >= 15 is 0 Å². The maximum atomic E-state index is 9.38. The third kappa shape index (κ3) is 5.27. The van der Waals surface area contributed by atoms with E-state index in [1.807, 2.05) is 53.2 Å². The van der Waals surface area contributed by atoms with E-state index < -0.39 is 5.79 Å². The smallest absolute Gasteiger partial charge is 0.229 e. The fourth-order valence-corrected chi connectivity index (χ4v) is 4.92. The second-order valence-corrected chi connectivity index (χ2v) is 9.42. The van der Waals surface area contributed by atoms with Gasteiger partial charge in [-0.25, -0.2) is 15.0 Å². The molecule has 10 nitrogen and oxygen atoms in total. The highest BCUT2D eigenvalue weighted by Gasteiger charge is 2.44. The van der Waals surface area contributed by atoms with Gasteiger partial charge in [-0.2, -0.15) is 0 Å². The van der Waals surface area contributed by atoms with Gasteiger partial charge in [-0.05, 0) is 12.1 Å². The van der Waals surface area contributed by atoms with Crippen LogP contribution in [0.2, 0.25) is 0 Å². The Bertz CT molecular complexity index is 1310. The van der Waals surface area contributed by atoms with Gasteiger partial charge in [0.15, 0.2) is 0 Å². The maximum Gasteiger partial charge on any atom is 0.229 e. The number of rotatable bonds is 8. The summed E-state index contributed by atoms with van der Waals surface area (Å²) in [6, 6.07) is 18.2. The van der Waals surface area contributed by atoms with Crippen molar-refractivity contribution >= 4 is 11.5 Å². The Morgan fingerprint density at radius 2 is 1.82 bits per heavy atom. The van der Waals surface area contributed by atoms with Crippen LogP contribution in [0.25, 0.3) is 0 Å². The number of aromatic hydroxyl groups is 1. The summed E-state index contributed by atoms with van der Waals surface area (Å²) in [7, 11) is 0. The predicted octanol–water partition coefficient (Wildman–Crippen LogP) is 3.05. The Balaban J connectivity index is 1.07. The first-order chi connectivity index (χ1) is 18.7. The fraction of sp³-hybridized carbons (Fsp3) is 0.321. The molecule has 2 aromatic heterocycles. The molecule has 0 radical (unpaired) electrons. The predicted molar refractivity (Wildman–Crippen MR) is 141 cm³/mol. The SMILES string of the molecule is Oc1cnc(N2CCN(c3cccc(OCC4COC(Cn5ccnc5)(c5ccccc5)O4)c3)CC2)cn1. The van der Waals surface area contributed by atoms with Crippen LogP contribution < -0.4 is 14.5 Å². The Morgan fingerprint density at radius 1 is 0.974 bits per heavy atom. The van der Waals surface area contributed by atoms with Crippen LogP contribution in [0.15, 0.2) is 85.7 Å². The molecule has 2 unspecified atom stereocenters. The number of ether oxygens (including phenoxy) is 3. The standard InChI is InChI=1S/C28H30N6O4/c35-27-17-30-26(16-31-27)34-13-11-33(12-14-34)23-7-4-8-24(15-23)36-18-25-19-37-28(38-25,20-32-10-9-29-21-32)22-5-2-1-3-6-22/h1-10,15-17,21,25H,11-14,18-20H2,(H,31,35). The van der Waals surface area contributed by atoms with Crippen molar-refractivity contribution in [2.45, 2.75) is 18.4 Å². The molecule has 0 spiro atoms. The van der Waals surface area contributed by atoms with Gasteiger partial charge in [0.1, 0.15) is 24.3 Å². The van der Waals surface area contributed by atoms with Gasteiger partial charge < -0.3 is 33.7 Å². The first kappa shape index (κ1) is 24.2. The number of anilines is 2. The van der Waals surface area contributed by atoms with Gasteiger partial charge in [0.2, 0.25) is 11.7 Å². The molecule has 10 heteroatoms. The summed E-state index contributed by atoms with van der Waals surface area (Å²) in [6.07, 6.45) is 8.20. The summed E-state index contributed by atoms with van der Waals surface area (Å²) < 4.78 is 20.9. The molecule has 2 saturated heterocycles. The summed E-state index contributed by atoms with van der Waals surface area (Å²) in [5.41, 5.74) is 2.08. The van der Waals surface area contributed by atoms with Crippen molar-refractivity contribution in [2.24, 2.45) is 0 Å². The molecule has 4 heterocycles. The van der Waals surface area contributed by atoms with Gasteiger partial charge in [-0.15, -0.1) is 0 Å². The van der Waals surface area contributed by atoms with Crippen molar-refractivity contribution in [3.05, 3.63) is 91.3 Å². The van der Waals surface area contributed by atoms with E-state index in [1.54, 1.807) is 18.7 Å². The Labute approximate surface area is 221 Å². The van der Waals surface area contributed by atoms with Crippen molar-refractivity contribution in [1.82, 2.24) is 19.5 Å². The molecule has 38 heavy (non-hydrogen) atoms. The third-order valence-electron chi connectivity index (χ3n) is 6.87. The Hall–Kier alpha value is -4.15. The van der Waals surface area contributed by atoms with E-state index in [9.17, 15) is 5.11 Å². The van der Waals surface area contributed by atoms with Crippen LogP contribution in [-0.4, -0.2) is 70.1 Å². The lowest BCUT2D eigenvalue weighted by Gasteiger charge is -2.36. The zero-order chi connectivity index (χ0) is 25.8. The summed E-state index contributed by atoms with van der Waals surface area (Å²) in [6.45, 7) is 4.65. The molecule has 0 aliphatic carbocycles. The lowest BCUT2D eigenvalue weighted by Crippen LogP contribution is -2.46. The van der Waals surface area contributed by atoms with Crippen LogP contribution in [0.4, 0.5) is 11.5 Å². The molecule has 2 aliphatic rings. The third-order valence-corrected chi connectivity index (χ3v) is 6.87. The van der Waals surface area contributed by atoms with E-state index in [0.717, 1.165) is 49.0 Å². The number of hydrogen-bond donors (Lipinski definition) is 1. The topological polar surface area (TPSA) is 98.0 Å². The number of benzene rings is 2. The number of hydrogen-bond acceptors (Lipinski definition) is 9. The van der Waals surface area contributed by atoms with Crippen LogP contribution in [-0.2, 0) is 21.8 Å².